The van der Waals surface area contributed by atoms with Gasteiger partial charge in [-0.25, -0.2) is 4.79 Å². The Morgan fingerprint density at radius 3 is 2.79 bits per heavy atom. The summed E-state index contributed by atoms with van der Waals surface area (Å²) in [5, 5.41) is 0.995. The summed E-state index contributed by atoms with van der Waals surface area (Å²) in [6, 6.07) is 15.9. The molecule has 0 bridgehead atoms. The van der Waals surface area contributed by atoms with E-state index in [-0.39, 0.29) is 5.97 Å². The predicted molar refractivity (Wildman–Crippen MR) is 89.6 cm³/mol. The van der Waals surface area contributed by atoms with Crippen LogP contribution in [0.3, 0.4) is 0 Å². The Morgan fingerprint density at radius 2 is 1.92 bits per heavy atom. The molecule has 0 N–H and O–H groups in total. The lowest BCUT2D eigenvalue weighted by Gasteiger charge is -2.29. The summed E-state index contributed by atoms with van der Waals surface area (Å²) in [5.41, 5.74) is 4.52. The van der Waals surface area contributed by atoms with Crippen molar-refractivity contribution in [2.24, 2.45) is 0 Å². The van der Waals surface area contributed by atoms with E-state index in [1.54, 1.807) is 12.3 Å². The van der Waals surface area contributed by atoms with Gasteiger partial charge < -0.3 is 9.47 Å². The van der Waals surface area contributed by atoms with Gasteiger partial charge in [-0.3, -0.25) is 4.98 Å². The average Bonchev–Trinajstić information content (AvgIpc) is 3.06. The van der Waals surface area contributed by atoms with Gasteiger partial charge in [-0.1, -0.05) is 30.3 Å². The number of esters is 1. The minimum atomic E-state index is -0.474. The number of para-hydroxylation sites is 1. The number of hydrogen-bond acceptors (Lipinski definition) is 4. The lowest BCUT2D eigenvalue weighted by molar-refractivity contribution is -0.136. The Bertz CT molecular complexity index is 1020. The molecule has 116 valence electrons. The van der Waals surface area contributed by atoms with E-state index >= 15 is 0 Å². The van der Waals surface area contributed by atoms with E-state index in [0.29, 0.717) is 12.2 Å². The maximum atomic E-state index is 12.1. The van der Waals surface area contributed by atoms with Gasteiger partial charge in [0.2, 0.25) is 0 Å². The van der Waals surface area contributed by atoms with Crippen molar-refractivity contribution < 1.29 is 14.3 Å². The van der Waals surface area contributed by atoms with Crippen molar-refractivity contribution in [2.45, 2.75) is 6.10 Å². The molecule has 4 nitrogen and oxygen atoms in total. The fraction of sp³-hybridized carbons (Fsp3) is 0.100. The Morgan fingerprint density at radius 1 is 1.00 bits per heavy atom. The number of nitrogens with zero attached hydrogens (tertiary/aromatic N) is 1. The van der Waals surface area contributed by atoms with Crippen LogP contribution in [-0.2, 0) is 9.53 Å². The number of carbonyl (C=O) groups is 1. The second-order valence-electron chi connectivity index (χ2n) is 5.85. The molecule has 0 saturated heterocycles. The molecule has 1 atom stereocenters. The first-order valence-corrected chi connectivity index (χ1v) is 7.84. The van der Waals surface area contributed by atoms with E-state index in [2.05, 4.69) is 11.1 Å². The minimum absolute atomic E-state index is 0.300. The van der Waals surface area contributed by atoms with Crippen molar-refractivity contribution in [3.8, 4) is 16.9 Å². The molecule has 24 heavy (non-hydrogen) atoms. The second kappa shape index (κ2) is 4.93. The summed E-state index contributed by atoms with van der Waals surface area (Å²) in [6.45, 7) is 0.300. The minimum Gasteiger partial charge on any atom is -0.480 e. The molecule has 0 spiro atoms. The number of cyclic esters (lactones) is 1. The summed E-state index contributed by atoms with van der Waals surface area (Å²) >= 11 is 0. The van der Waals surface area contributed by atoms with Crippen LogP contribution in [-0.4, -0.2) is 17.6 Å². The maximum Gasteiger partial charge on any atom is 0.338 e. The number of carbonyl (C=O) groups excluding carboxylic acids is 1. The standard InChI is InChI=1S/C20H13NO3/c22-20-15(9-11-23-20)19-18-13(12-4-1-2-6-17(12)24-19)7-8-16-14(18)5-3-10-21-16/h1-10,19H,11H2. The average molecular weight is 315 g/mol. The third kappa shape index (κ3) is 1.80. The Kier molecular flexibility index (Phi) is 2.73. The van der Waals surface area contributed by atoms with Crippen LogP contribution < -0.4 is 4.74 Å². The van der Waals surface area contributed by atoms with Crippen molar-refractivity contribution in [1.29, 1.82) is 0 Å². The summed E-state index contributed by atoms with van der Waals surface area (Å²) < 4.78 is 11.3. The second-order valence-corrected chi connectivity index (χ2v) is 5.85. The highest BCUT2D eigenvalue weighted by molar-refractivity contribution is 5.97. The SMILES string of the molecule is O=C1OCC=C1C1Oc2ccccc2-c2ccc3ncccc3c21. The first kappa shape index (κ1) is 13.3. The van der Waals surface area contributed by atoms with Crippen LogP contribution in [0.1, 0.15) is 11.7 Å². The molecule has 1 unspecified atom stereocenters. The molecule has 0 radical (unpaired) electrons. The fourth-order valence-electron chi connectivity index (χ4n) is 3.48. The van der Waals surface area contributed by atoms with Crippen LogP contribution >= 0.6 is 0 Å². The van der Waals surface area contributed by atoms with Gasteiger partial charge in [-0.2, -0.15) is 0 Å². The molecule has 4 heteroatoms. The van der Waals surface area contributed by atoms with Crippen LogP contribution in [0, 0.1) is 0 Å². The zero-order valence-corrected chi connectivity index (χ0v) is 12.7. The molecule has 1 aromatic heterocycles. The number of aromatic nitrogens is 1. The quantitative estimate of drug-likeness (QED) is 0.641. The third-order valence-corrected chi connectivity index (χ3v) is 4.55. The van der Waals surface area contributed by atoms with E-state index in [1.165, 1.54) is 0 Å². The predicted octanol–water partition coefficient (Wildman–Crippen LogP) is 3.82. The highest BCUT2D eigenvalue weighted by atomic mass is 16.5. The normalized spacial score (nSPS) is 18.4. The van der Waals surface area contributed by atoms with Gasteiger partial charge in [-0.05, 0) is 29.8 Å². The van der Waals surface area contributed by atoms with Crippen LogP contribution in [0.4, 0.5) is 0 Å². The molecular formula is C20H13NO3. The third-order valence-electron chi connectivity index (χ3n) is 4.55. The summed E-state index contributed by atoms with van der Waals surface area (Å²) in [6.07, 6.45) is 3.10. The van der Waals surface area contributed by atoms with Crippen molar-refractivity contribution in [1.82, 2.24) is 4.98 Å². The molecule has 0 aliphatic carbocycles. The molecule has 5 rings (SSSR count). The van der Waals surface area contributed by atoms with Gasteiger partial charge in [0.05, 0.1) is 11.1 Å². The van der Waals surface area contributed by atoms with Gasteiger partial charge in [0.1, 0.15) is 12.4 Å². The van der Waals surface area contributed by atoms with E-state index in [1.807, 2.05) is 42.5 Å². The number of pyridine rings is 1. The highest BCUT2D eigenvalue weighted by Gasteiger charge is 2.35. The van der Waals surface area contributed by atoms with Crippen molar-refractivity contribution in [3.05, 3.63) is 71.9 Å². The molecular weight excluding hydrogens is 302 g/mol. The number of fused-ring (bicyclic) bond motifs is 5. The zero-order chi connectivity index (χ0) is 16.1. The van der Waals surface area contributed by atoms with Crippen molar-refractivity contribution in [2.75, 3.05) is 6.61 Å². The van der Waals surface area contributed by atoms with Gasteiger partial charge in [0, 0.05) is 22.7 Å². The van der Waals surface area contributed by atoms with E-state index < -0.39 is 6.10 Å². The van der Waals surface area contributed by atoms with Gasteiger partial charge in [0.25, 0.3) is 0 Å². The Labute approximate surface area is 138 Å². The monoisotopic (exact) mass is 315 g/mol. The molecule has 2 aromatic carbocycles. The number of hydrogen-bond donors (Lipinski definition) is 0. The lowest BCUT2D eigenvalue weighted by atomic mass is 9.87. The summed E-state index contributed by atoms with van der Waals surface area (Å²) in [4.78, 5) is 16.6. The topological polar surface area (TPSA) is 48.4 Å². The van der Waals surface area contributed by atoms with Gasteiger partial charge in [0.15, 0.2) is 6.10 Å². The van der Waals surface area contributed by atoms with Gasteiger partial charge >= 0.3 is 5.97 Å². The first-order chi connectivity index (χ1) is 11.8. The first-order valence-electron chi connectivity index (χ1n) is 7.84. The molecule has 3 aromatic rings. The Hall–Kier alpha value is -3.14. The molecule has 2 aliphatic heterocycles. The molecule has 0 amide bonds. The zero-order valence-electron chi connectivity index (χ0n) is 12.7. The number of ether oxygens (including phenoxy) is 2. The summed E-state index contributed by atoms with van der Waals surface area (Å²) in [7, 11) is 0. The van der Waals surface area contributed by atoms with Crippen LogP contribution in [0.2, 0.25) is 0 Å². The highest BCUT2D eigenvalue weighted by Crippen LogP contribution is 2.47. The number of benzene rings is 2. The number of rotatable bonds is 1. The van der Waals surface area contributed by atoms with Crippen LogP contribution in [0.15, 0.2) is 66.4 Å². The lowest BCUT2D eigenvalue weighted by Crippen LogP contribution is -2.20. The molecule has 0 fully saturated rings. The van der Waals surface area contributed by atoms with Crippen LogP contribution in [0.5, 0.6) is 5.75 Å². The molecule has 2 aliphatic rings. The van der Waals surface area contributed by atoms with Gasteiger partial charge in [-0.15, -0.1) is 0 Å². The molecule has 3 heterocycles. The fourth-order valence-corrected chi connectivity index (χ4v) is 3.48. The maximum absolute atomic E-state index is 12.1. The van der Waals surface area contributed by atoms with Crippen molar-refractivity contribution in [3.63, 3.8) is 0 Å². The molecule has 0 saturated carbocycles. The summed E-state index contributed by atoms with van der Waals surface area (Å²) in [5.74, 6) is 0.463. The Balaban J connectivity index is 1.85. The van der Waals surface area contributed by atoms with E-state index in [4.69, 9.17) is 9.47 Å². The smallest absolute Gasteiger partial charge is 0.338 e. The van der Waals surface area contributed by atoms with Crippen molar-refractivity contribution >= 4 is 16.9 Å². The van der Waals surface area contributed by atoms with E-state index in [0.717, 1.165) is 33.3 Å². The largest absolute Gasteiger partial charge is 0.480 e. The van der Waals surface area contributed by atoms with Crippen LogP contribution in [0.25, 0.3) is 22.0 Å². The van der Waals surface area contributed by atoms with E-state index in [9.17, 15) is 4.79 Å².